The zero-order valence-electron chi connectivity index (χ0n) is 48.7. The number of aromatic nitrogens is 6. The van der Waals surface area contributed by atoms with Gasteiger partial charge < -0.3 is 38.1 Å². The molecule has 2 amide bonds. The number of hydrogen-bond acceptors (Lipinski definition) is 14. The van der Waals surface area contributed by atoms with Crippen molar-refractivity contribution >= 4 is 87.0 Å². The van der Waals surface area contributed by atoms with Crippen molar-refractivity contribution in [1.82, 2.24) is 39.7 Å². The first-order valence-electron chi connectivity index (χ1n) is 27.6. The third-order valence-electron chi connectivity index (χ3n) is 15.9. The number of benzene rings is 4. The van der Waals surface area contributed by atoms with Crippen LogP contribution in [0.25, 0.3) is 112 Å². The van der Waals surface area contributed by atoms with E-state index in [1.165, 1.54) is 58.7 Å². The third kappa shape index (κ3) is 9.92. The van der Waals surface area contributed by atoms with E-state index in [2.05, 4.69) is 20.6 Å². The minimum Gasteiger partial charge on any atom is -0.470 e. The summed E-state index contributed by atoms with van der Waals surface area (Å²) in [6.07, 6.45) is 2.17. The molecule has 2 N–H and O–H groups in total. The Morgan fingerprint density at radius 2 is 1.02 bits per heavy atom. The van der Waals surface area contributed by atoms with Gasteiger partial charge in [0.2, 0.25) is 20.0 Å². The first-order valence-corrected chi connectivity index (χ1v) is 31.3. The predicted octanol–water partition coefficient (Wildman–Crippen LogP) is 12.1. The van der Waals surface area contributed by atoms with Crippen molar-refractivity contribution in [2.24, 2.45) is 0 Å². The number of sulfonamides is 2. The van der Waals surface area contributed by atoms with Gasteiger partial charge in [0.1, 0.15) is 62.9 Å². The smallest absolute Gasteiger partial charge is 0.280 e. The number of halogens is 4. The van der Waals surface area contributed by atoms with Crippen molar-refractivity contribution in [3.8, 4) is 79.4 Å². The highest BCUT2D eigenvalue weighted by Gasteiger charge is 2.32. The summed E-state index contributed by atoms with van der Waals surface area (Å²) in [6.45, 7) is 2.19. The molecule has 0 spiro atoms. The Labute approximate surface area is 510 Å². The summed E-state index contributed by atoms with van der Waals surface area (Å²) in [5, 5.41) is 6.88. The molecule has 8 aromatic heterocycles. The highest BCUT2D eigenvalue weighted by atomic mass is 32.2. The van der Waals surface area contributed by atoms with Crippen LogP contribution in [-0.2, 0) is 33.5 Å². The summed E-state index contributed by atoms with van der Waals surface area (Å²) in [5.41, 5.74) is 7.54. The molecule has 12 aromatic rings. The van der Waals surface area contributed by atoms with Gasteiger partial charge in [0, 0.05) is 102 Å². The molecule has 4 aromatic carbocycles. The Bertz CT molecular complexity index is 5220. The van der Waals surface area contributed by atoms with E-state index in [1.54, 1.807) is 83.6 Å². The van der Waals surface area contributed by atoms with E-state index < -0.39 is 43.9 Å². The molecule has 90 heavy (non-hydrogen) atoms. The predicted molar refractivity (Wildman–Crippen MR) is 331 cm³/mol. The maximum atomic E-state index is 14.7. The first kappa shape index (κ1) is 58.4. The largest absolute Gasteiger partial charge is 0.470 e. The van der Waals surface area contributed by atoms with Crippen LogP contribution in [0.15, 0.2) is 143 Å². The molecule has 0 aliphatic carbocycles. The normalized spacial score (nSPS) is 12.6. The van der Waals surface area contributed by atoms with E-state index in [0.717, 1.165) is 32.9 Å². The minimum atomic E-state index is -3.80. The van der Waals surface area contributed by atoms with Gasteiger partial charge in [-0.1, -0.05) is 12.1 Å². The molecule has 0 unspecified atom stereocenters. The second kappa shape index (κ2) is 21.9. The topological polar surface area (TPSA) is 239 Å². The average Bonchev–Trinajstić information content (AvgIpc) is 1.59. The Balaban J connectivity index is 0.000000165. The Morgan fingerprint density at radius 3 is 1.41 bits per heavy atom. The van der Waals surface area contributed by atoms with Crippen LogP contribution in [0.5, 0.6) is 11.5 Å². The molecule has 26 heteroatoms. The van der Waals surface area contributed by atoms with Gasteiger partial charge in [-0.25, -0.2) is 44.4 Å². The molecular formula is C64H50F4N10O10S2. The number of rotatable bonds is 11. The summed E-state index contributed by atoms with van der Waals surface area (Å²) in [5.74, 6) is -0.335. The van der Waals surface area contributed by atoms with Gasteiger partial charge in [-0.05, 0) is 104 Å². The van der Waals surface area contributed by atoms with Crippen molar-refractivity contribution < 1.29 is 62.3 Å². The number of fused-ring (bicyclic) bond motifs is 12. The van der Waals surface area contributed by atoms with Crippen LogP contribution < -0.4 is 28.7 Å². The maximum Gasteiger partial charge on any atom is 0.280 e. The van der Waals surface area contributed by atoms with Gasteiger partial charge in [0.05, 0.1) is 68.8 Å². The van der Waals surface area contributed by atoms with Gasteiger partial charge in [-0.15, -0.1) is 0 Å². The fraction of sp³-hybridized carbons (Fsp3) is 0.156. The number of nitrogens with zero attached hydrogens (tertiary/aromatic N) is 8. The van der Waals surface area contributed by atoms with Crippen molar-refractivity contribution in [3.63, 3.8) is 0 Å². The maximum absolute atomic E-state index is 14.7. The molecule has 14 rings (SSSR count). The van der Waals surface area contributed by atoms with Crippen LogP contribution in [-0.4, -0.2) is 98.4 Å². The van der Waals surface area contributed by atoms with E-state index in [9.17, 15) is 44.0 Å². The lowest BCUT2D eigenvalue weighted by Crippen LogP contribution is -2.25. The van der Waals surface area contributed by atoms with Crippen molar-refractivity contribution in [1.29, 1.82) is 0 Å². The van der Waals surface area contributed by atoms with Gasteiger partial charge in [-0.2, -0.15) is 0 Å². The molecule has 0 saturated carbocycles. The number of carbonyl (C=O) groups is 2. The Hall–Kier alpha value is -10.6. The van der Waals surface area contributed by atoms with E-state index >= 15 is 0 Å². The Kier molecular flexibility index (Phi) is 14.2. The van der Waals surface area contributed by atoms with E-state index in [0.29, 0.717) is 112 Å². The van der Waals surface area contributed by atoms with Gasteiger partial charge in [0.15, 0.2) is 13.5 Å². The number of hydrogen-bond donors (Lipinski definition) is 2. The number of alkyl halides is 2. The fourth-order valence-electron chi connectivity index (χ4n) is 11.2. The van der Waals surface area contributed by atoms with Crippen molar-refractivity contribution in [3.05, 3.63) is 168 Å². The van der Waals surface area contributed by atoms with Crippen LogP contribution in [0.4, 0.5) is 28.9 Å². The molecule has 0 saturated heterocycles. The lowest BCUT2D eigenvalue weighted by atomic mass is 10.0. The van der Waals surface area contributed by atoms with Crippen LogP contribution >= 0.6 is 0 Å². The zero-order chi connectivity index (χ0) is 63.4. The Morgan fingerprint density at radius 1 is 0.578 bits per heavy atom. The lowest BCUT2D eigenvalue weighted by Gasteiger charge is -2.23. The number of pyridine rings is 4. The van der Waals surface area contributed by atoms with Crippen molar-refractivity contribution in [2.75, 3.05) is 49.3 Å². The highest BCUT2D eigenvalue weighted by Crippen LogP contribution is 2.47. The van der Waals surface area contributed by atoms with Crippen LogP contribution in [0.3, 0.4) is 0 Å². The second-order valence-corrected chi connectivity index (χ2v) is 25.3. The quantitative estimate of drug-likeness (QED) is 0.115. The summed E-state index contributed by atoms with van der Waals surface area (Å²) >= 11 is 0. The number of furan rings is 2. The molecule has 0 bridgehead atoms. The number of anilines is 2. The third-order valence-corrected chi connectivity index (χ3v) is 18.3. The van der Waals surface area contributed by atoms with Crippen molar-refractivity contribution in [2.45, 2.75) is 26.8 Å². The molecule has 2 aliphatic rings. The molecule has 20 nitrogen and oxygen atoms in total. The van der Waals surface area contributed by atoms with Crippen LogP contribution in [0.1, 0.15) is 38.5 Å². The molecule has 0 radical (unpaired) electrons. The molecular weight excluding hydrogens is 1210 g/mol. The van der Waals surface area contributed by atoms with E-state index in [1.807, 2.05) is 29.7 Å². The minimum absolute atomic E-state index is 0.0612. The standard InChI is InChI=1S/C32H24F3N5O5S.C32H26FN5O5S/c1-36-32(41)28-19-11-18(21-9-10-26-29(38-21)25-12-17-20(33)5-4-6-23(17)40(25)15-44-26)24(39(2)46(3,42)43)13-27(19)45-30(28)16-7-8-22(31(34)35)37-14-16;1-17-8-9-18(15-35-17)31-29(32(39)34-2)21-12-20(25(14-28(21)43-31)37(3)44(4,40)41)23-10-11-27-30(36-23)26-13-19-22(33)6-5-7-24(19)38(26)16-42-27/h4-14,31H,15H2,1-3H3,(H,36,41);5-15H,16H2,1-4H3,(H,34,39). The van der Waals surface area contributed by atoms with Gasteiger partial charge >= 0.3 is 0 Å². The average molecular weight is 1260 g/mol. The highest BCUT2D eigenvalue weighted by molar-refractivity contribution is 7.92. The van der Waals surface area contributed by atoms with Gasteiger partial charge in [0.25, 0.3) is 18.2 Å². The van der Waals surface area contributed by atoms with E-state index in [4.69, 9.17) is 28.3 Å². The molecule has 0 atom stereocenters. The number of aryl methyl sites for hydroxylation is 1. The first-order chi connectivity index (χ1) is 43.0. The number of nitrogens with one attached hydrogen (secondary N) is 2. The fourth-order valence-corrected chi connectivity index (χ4v) is 12.2. The summed E-state index contributed by atoms with van der Waals surface area (Å²) < 4.78 is 137. The molecule has 456 valence electrons. The monoisotopic (exact) mass is 1260 g/mol. The summed E-state index contributed by atoms with van der Waals surface area (Å²) in [4.78, 5) is 44.4. The summed E-state index contributed by atoms with van der Waals surface area (Å²) in [7, 11) is -1.75. The molecule has 2 aliphatic heterocycles. The summed E-state index contributed by atoms with van der Waals surface area (Å²) in [6, 6.07) is 32.4. The zero-order valence-corrected chi connectivity index (χ0v) is 50.3. The lowest BCUT2D eigenvalue weighted by molar-refractivity contribution is 0.0956. The number of ether oxygens (including phenoxy) is 2. The number of carbonyl (C=O) groups excluding carboxylic acids is 2. The molecule has 10 heterocycles. The molecule has 0 fully saturated rings. The van der Waals surface area contributed by atoms with Gasteiger partial charge in [-0.3, -0.25) is 28.2 Å². The SMILES string of the molecule is CNC(=O)c1c(-c2ccc(C(F)F)nc2)oc2cc(N(C)S(C)(=O)=O)c(-c3ccc4c(n3)-c3cc5c(F)cccc5n3CO4)cc12.CNC(=O)c1c(-c2ccc(C)nc2)oc2cc(N(C)S(C)(=O)=O)c(-c3ccc4c(n3)-c3cc5c(F)cccc5n3CO4)cc12. The second-order valence-electron chi connectivity index (χ2n) is 21.3. The number of amides is 2. The van der Waals surface area contributed by atoms with Crippen LogP contribution in [0.2, 0.25) is 0 Å². The van der Waals surface area contributed by atoms with E-state index in [-0.39, 0.29) is 58.9 Å². The van der Waals surface area contributed by atoms with Crippen LogP contribution in [0, 0.1) is 18.6 Å².